The third-order valence-corrected chi connectivity index (χ3v) is 4.66. The van der Waals surface area contributed by atoms with Gasteiger partial charge in [-0.25, -0.2) is 0 Å². The van der Waals surface area contributed by atoms with E-state index in [1.165, 1.54) is 7.11 Å². The van der Waals surface area contributed by atoms with Gasteiger partial charge in [0.2, 0.25) is 5.91 Å². The van der Waals surface area contributed by atoms with Crippen molar-refractivity contribution < 1.29 is 14.3 Å². The molecule has 0 aliphatic rings. The van der Waals surface area contributed by atoms with E-state index in [-0.39, 0.29) is 11.8 Å². The zero-order valence-corrected chi connectivity index (χ0v) is 16.6. The second-order valence-electron chi connectivity index (χ2n) is 6.42. The van der Waals surface area contributed by atoms with Crippen molar-refractivity contribution in [1.82, 2.24) is 5.32 Å². The van der Waals surface area contributed by atoms with Crippen molar-refractivity contribution in [1.29, 1.82) is 0 Å². The van der Waals surface area contributed by atoms with Crippen LogP contribution >= 0.6 is 11.6 Å². The van der Waals surface area contributed by atoms with E-state index in [1.54, 1.807) is 42.5 Å². The third kappa shape index (κ3) is 5.59. The maximum absolute atomic E-state index is 12.9. The number of amides is 2. The van der Waals surface area contributed by atoms with Crippen molar-refractivity contribution >= 4 is 29.1 Å². The van der Waals surface area contributed by atoms with Crippen LogP contribution in [-0.4, -0.2) is 25.0 Å². The SMILES string of the molecule is COc1ccc(NC(=O)[C@@H](Cc2ccccc2)NC(=O)c2ccccc2)cc1Cl. The Morgan fingerprint density at radius 3 is 2.24 bits per heavy atom. The number of ether oxygens (including phenoxy) is 1. The second kappa shape index (κ2) is 9.75. The average molecular weight is 409 g/mol. The van der Waals surface area contributed by atoms with Gasteiger partial charge in [0, 0.05) is 17.7 Å². The number of hydrogen-bond acceptors (Lipinski definition) is 3. The Balaban J connectivity index is 1.78. The highest BCUT2D eigenvalue weighted by Crippen LogP contribution is 2.27. The number of halogens is 1. The van der Waals surface area contributed by atoms with E-state index in [4.69, 9.17) is 16.3 Å². The van der Waals surface area contributed by atoms with E-state index in [2.05, 4.69) is 10.6 Å². The summed E-state index contributed by atoms with van der Waals surface area (Å²) in [7, 11) is 1.52. The fraction of sp³-hybridized carbons (Fsp3) is 0.130. The molecule has 0 saturated carbocycles. The minimum Gasteiger partial charge on any atom is -0.495 e. The van der Waals surface area contributed by atoms with E-state index in [9.17, 15) is 9.59 Å². The molecule has 2 amide bonds. The second-order valence-corrected chi connectivity index (χ2v) is 6.83. The fourth-order valence-electron chi connectivity index (χ4n) is 2.86. The van der Waals surface area contributed by atoms with Gasteiger partial charge < -0.3 is 15.4 Å². The maximum atomic E-state index is 12.9. The summed E-state index contributed by atoms with van der Waals surface area (Å²) in [6, 6.07) is 22.5. The van der Waals surface area contributed by atoms with Crippen LogP contribution in [0.5, 0.6) is 5.75 Å². The van der Waals surface area contributed by atoms with E-state index in [0.717, 1.165) is 5.56 Å². The van der Waals surface area contributed by atoms with Crippen LogP contribution in [-0.2, 0) is 11.2 Å². The molecule has 0 saturated heterocycles. The molecule has 2 N–H and O–H groups in total. The molecular weight excluding hydrogens is 388 g/mol. The third-order valence-electron chi connectivity index (χ3n) is 4.36. The minimum absolute atomic E-state index is 0.311. The van der Waals surface area contributed by atoms with Crippen LogP contribution in [0.2, 0.25) is 5.02 Å². The Kier molecular flexibility index (Phi) is 6.87. The Labute approximate surface area is 174 Å². The molecule has 0 radical (unpaired) electrons. The van der Waals surface area contributed by atoms with E-state index >= 15 is 0 Å². The predicted molar refractivity (Wildman–Crippen MR) is 114 cm³/mol. The summed E-state index contributed by atoms with van der Waals surface area (Å²) < 4.78 is 5.13. The van der Waals surface area contributed by atoms with Gasteiger partial charge in [0.1, 0.15) is 11.8 Å². The fourth-order valence-corrected chi connectivity index (χ4v) is 3.12. The molecule has 6 heteroatoms. The summed E-state index contributed by atoms with van der Waals surface area (Å²) in [5.74, 6) is -0.128. The molecule has 0 aliphatic carbocycles. The summed E-state index contributed by atoms with van der Waals surface area (Å²) in [5, 5.41) is 6.04. The molecule has 5 nitrogen and oxygen atoms in total. The number of nitrogens with one attached hydrogen (secondary N) is 2. The van der Waals surface area contributed by atoms with Gasteiger partial charge in [-0.05, 0) is 35.9 Å². The van der Waals surface area contributed by atoms with E-state index < -0.39 is 6.04 Å². The van der Waals surface area contributed by atoms with Gasteiger partial charge in [0.05, 0.1) is 12.1 Å². The number of carbonyl (C=O) groups is 2. The summed E-state index contributed by atoms with van der Waals surface area (Å²) in [4.78, 5) is 25.6. The Morgan fingerprint density at radius 1 is 0.966 bits per heavy atom. The van der Waals surface area contributed by atoms with Crippen molar-refractivity contribution in [3.05, 3.63) is 95.0 Å². The van der Waals surface area contributed by atoms with Gasteiger partial charge >= 0.3 is 0 Å². The molecule has 0 unspecified atom stereocenters. The van der Waals surface area contributed by atoms with Crippen molar-refractivity contribution in [2.75, 3.05) is 12.4 Å². The monoisotopic (exact) mass is 408 g/mol. The number of hydrogen-bond donors (Lipinski definition) is 2. The predicted octanol–water partition coefficient (Wildman–Crippen LogP) is 4.33. The molecule has 3 aromatic carbocycles. The van der Waals surface area contributed by atoms with Crippen molar-refractivity contribution in [3.8, 4) is 5.75 Å². The molecular formula is C23H21ClN2O3. The highest BCUT2D eigenvalue weighted by Gasteiger charge is 2.22. The molecule has 3 aromatic rings. The molecule has 3 rings (SSSR count). The Hall–Kier alpha value is -3.31. The topological polar surface area (TPSA) is 67.4 Å². The minimum atomic E-state index is -0.758. The molecule has 0 aromatic heterocycles. The highest BCUT2D eigenvalue weighted by atomic mass is 35.5. The van der Waals surface area contributed by atoms with Crippen molar-refractivity contribution in [2.45, 2.75) is 12.5 Å². The van der Waals surface area contributed by atoms with Gasteiger partial charge in [-0.3, -0.25) is 9.59 Å². The Morgan fingerprint density at radius 2 is 1.62 bits per heavy atom. The highest BCUT2D eigenvalue weighted by molar-refractivity contribution is 6.32. The number of benzene rings is 3. The summed E-state index contributed by atoms with van der Waals surface area (Å²) in [6.45, 7) is 0. The van der Waals surface area contributed by atoms with Gasteiger partial charge in [-0.15, -0.1) is 0 Å². The lowest BCUT2D eigenvalue weighted by molar-refractivity contribution is -0.118. The number of methoxy groups -OCH3 is 1. The molecule has 0 spiro atoms. The lowest BCUT2D eigenvalue weighted by atomic mass is 10.0. The molecule has 148 valence electrons. The molecule has 0 heterocycles. The van der Waals surface area contributed by atoms with Crippen molar-refractivity contribution in [3.63, 3.8) is 0 Å². The van der Waals surface area contributed by atoms with Crippen molar-refractivity contribution in [2.24, 2.45) is 0 Å². The first-order chi connectivity index (χ1) is 14.1. The normalized spacial score (nSPS) is 11.4. The first-order valence-corrected chi connectivity index (χ1v) is 9.49. The van der Waals surface area contributed by atoms with Crippen LogP contribution in [0.3, 0.4) is 0 Å². The van der Waals surface area contributed by atoms with Crippen LogP contribution in [0.25, 0.3) is 0 Å². The summed E-state index contributed by atoms with van der Waals surface area (Å²) >= 11 is 6.14. The molecule has 0 fully saturated rings. The molecule has 0 bridgehead atoms. The van der Waals surface area contributed by atoms with Gasteiger partial charge in [-0.2, -0.15) is 0 Å². The van der Waals surface area contributed by atoms with E-state index in [1.807, 2.05) is 36.4 Å². The first-order valence-electron chi connectivity index (χ1n) is 9.11. The van der Waals surface area contributed by atoms with Crippen LogP contribution in [0.1, 0.15) is 15.9 Å². The summed E-state index contributed by atoms with van der Waals surface area (Å²) in [5.41, 5.74) is 1.95. The standard InChI is InChI=1S/C23H21ClN2O3/c1-29-21-13-12-18(15-19(21)24)25-23(28)20(14-16-8-4-2-5-9-16)26-22(27)17-10-6-3-7-11-17/h2-13,15,20H,14H2,1H3,(H,25,28)(H,26,27)/t20-/m1/s1. The van der Waals surface area contributed by atoms with Gasteiger partial charge in [-0.1, -0.05) is 60.1 Å². The van der Waals surface area contributed by atoms with Gasteiger partial charge in [0.25, 0.3) is 5.91 Å². The van der Waals surface area contributed by atoms with E-state index in [0.29, 0.717) is 28.4 Å². The maximum Gasteiger partial charge on any atom is 0.251 e. The van der Waals surface area contributed by atoms with Crippen LogP contribution < -0.4 is 15.4 Å². The quantitative estimate of drug-likeness (QED) is 0.611. The number of anilines is 1. The zero-order chi connectivity index (χ0) is 20.6. The average Bonchev–Trinajstić information content (AvgIpc) is 2.74. The Bertz CT molecular complexity index is 978. The summed E-state index contributed by atoms with van der Waals surface area (Å²) in [6.07, 6.45) is 0.356. The number of carbonyl (C=O) groups excluding carboxylic acids is 2. The molecule has 0 aliphatic heterocycles. The molecule has 29 heavy (non-hydrogen) atoms. The smallest absolute Gasteiger partial charge is 0.251 e. The largest absolute Gasteiger partial charge is 0.495 e. The van der Waals surface area contributed by atoms with Crippen LogP contribution in [0, 0.1) is 0 Å². The number of rotatable bonds is 7. The lowest BCUT2D eigenvalue weighted by Crippen LogP contribution is -2.45. The lowest BCUT2D eigenvalue weighted by Gasteiger charge is -2.19. The van der Waals surface area contributed by atoms with Crippen LogP contribution in [0.15, 0.2) is 78.9 Å². The first kappa shape index (κ1) is 20.4. The zero-order valence-electron chi connectivity index (χ0n) is 15.9. The molecule has 1 atom stereocenters. The van der Waals surface area contributed by atoms with Gasteiger partial charge in [0.15, 0.2) is 0 Å². The van der Waals surface area contributed by atoms with Crippen LogP contribution in [0.4, 0.5) is 5.69 Å².